The van der Waals surface area contributed by atoms with Gasteiger partial charge in [-0.15, -0.1) is 0 Å². The lowest BCUT2D eigenvalue weighted by atomic mass is 10.2. The average molecular weight is 368 g/mol. The predicted octanol–water partition coefficient (Wildman–Crippen LogP) is 2.14. The zero-order chi connectivity index (χ0) is 18.6. The van der Waals surface area contributed by atoms with Crippen molar-refractivity contribution in [3.05, 3.63) is 41.6 Å². The van der Waals surface area contributed by atoms with Crippen molar-refractivity contribution in [3.8, 4) is 5.75 Å². The number of rotatable bonds is 6. The zero-order valence-corrected chi connectivity index (χ0v) is 15.7. The molecule has 1 N–H and O–H groups in total. The summed E-state index contributed by atoms with van der Waals surface area (Å²) in [5, 5.41) is 7.89. The molecule has 0 bridgehead atoms. The summed E-state index contributed by atoms with van der Waals surface area (Å²) in [5.74, 6) is 2.26. The molecule has 1 fully saturated rings. The Morgan fingerprint density at radius 3 is 2.63 bits per heavy atom. The van der Waals surface area contributed by atoms with Crippen molar-refractivity contribution >= 4 is 17.5 Å². The van der Waals surface area contributed by atoms with Crippen LogP contribution < -0.4 is 15.0 Å². The molecule has 0 spiro atoms. The number of hydrogen-bond acceptors (Lipinski definition) is 7. The molecule has 8 nitrogen and oxygen atoms in total. The fraction of sp³-hybridized carbons (Fsp3) is 0.421. The molecule has 0 radical (unpaired) electrons. The van der Waals surface area contributed by atoms with Gasteiger partial charge in [0.25, 0.3) is 0 Å². The number of morpholine rings is 1. The molecule has 1 aromatic carbocycles. The monoisotopic (exact) mass is 368 g/mol. The summed E-state index contributed by atoms with van der Waals surface area (Å²) in [6.45, 7) is 5.73. The van der Waals surface area contributed by atoms with E-state index in [1.54, 1.807) is 11.6 Å². The second kappa shape index (κ2) is 7.79. The lowest BCUT2D eigenvalue weighted by Crippen LogP contribution is -2.37. The molecule has 8 heteroatoms. The largest absolute Gasteiger partial charge is 0.497 e. The third kappa shape index (κ3) is 3.66. The molecular formula is C19H24N6O2. The van der Waals surface area contributed by atoms with Gasteiger partial charge in [-0.05, 0) is 24.1 Å². The maximum absolute atomic E-state index is 5.45. The lowest BCUT2D eigenvalue weighted by molar-refractivity contribution is 0.122. The van der Waals surface area contributed by atoms with Gasteiger partial charge in [0.1, 0.15) is 5.75 Å². The van der Waals surface area contributed by atoms with E-state index in [0.717, 1.165) is 48.0 Å². The van der Waals surface area contributed by atoms with E-state index in [1.165, 1.54) is 0 Å². The first-order valence-electron chi connectivity index (χ1n) is 9.22. The number of aromatic nitrogens is 4. The molecule has 0 aliphatic carbocycles. The number of methoxy groups -OCH3 is 1. The van der Waals surface area contributed by atoms with E-state index in [9.17, 15) is 0 Å². The standard InChI is InChI=1S/C19H24N6O2/c1-3-15-13-21-25-17(15)22-19(24-8-10-27-11-9-24)23-18(25)20-12-14-4-6-16(26-2)7-5-14/h4-7,13H,3,8-12H2,1-2H3,(H,20,22,23). The molecule has 3 heterocycles. The summed E-state index contributed by atoms with van der Waals surface area (Å²) < 4.78 is 12.5. The molecule has 0 unspecified atom stereocenters. The highest BCUT2D eigenvalue weighted by molar-refractivity contribution is 5.55. The Labute approximate surface area is 158 Å². The lowest BCUT2D eigenvalue weighted by Gasteiger charge is -2.27. The normalized spacial score (nSPS) is 14.5. The highest BCUT2D eigenvalue weighted by Gasteiger charge is 2.18. The second-order valence-electron chi connectivity index (χ2n) is 6.41. The van der Waals surface area contributed by atoms with Crippen molar-refractivity contribution in [3.63, 3.8) is 0 Å². The van der Waals surface area contributed by atoms with Crippen LogP contribution in [-0.4, -0.2) is 53.0 Å². The molecular weight excluding hydrogens is 344 g/mol. The summed E-state index contributed by atoms with van der Waals surface area (Å²) in [6.07, 6.45) is 2.74. The van der Waals surface area contributed by atoms with E-state index < -0.39 is 0 Å². The Hall–Kier alpha value is -2.87. The number of nitrogens with one attached hydrogen (secondary N) is 1. The number of hydrogen-bond donors (Lipinski definition) is 1. The number of fused-ring (bicyclic) bond motifs is 1. The minimum Gasteiger partial charge on any atom is -0.497 e. The Balaban J connectivity index is 1.63. The van der Waals surface area contributed by atoms with Crippen LogP contribution in [0.1, 0.15) is 18.1 Å². The van der Waals surface area contributed by atoms with E-state index in [-0.39, 0.29) is 0 Å². The minimum absolute atomic E-state index is 0.639. The fourth-order valence-electron chi connectivity index (χ4n) is 3.10. The SMILES string of the molecule is CCc1cnn2c(NCc3ccc(OC)cc3)nc(N3CCOCC3)nc12. The molecule has 1 aliphatic rings. The molecule has 0 saturated carbocycles. The van der Waals surface area contributed by atoms with E-state index in [1.807, 2.05) is 30.5 Å². The number of anilines is 2. The molecule has 27 heavy (non-hydrogen) atoms. The first-order valence-corrected chi connectivity index (χ1v) is 9.22. The molecule has 1 saturated heterocycles. The van der Waals surface area contributed by atoms with Crippen LogP contribution in [0.15, 0.2) is 30.5 Å². The van der Waals surface area contributed by atoms with Crippen LogP contribution in [0.2, 0.25) is 0 Å². The average Bonchev–Trinajstić information content (AvgIpc) is 3.16. The van der Waals surface area contributed by atoms with Gasteiger partial charge in [0.05, 0.1) is 26.5 Å². The van der Waals surface area contributed by atoms with Crippen LogP contribution in [0.4, 0.5) is 11.9 Å². The zero-order valence-electron chi connectivity index (χ0n) is 15.7. The third-order valence-electron chi connectivity index (χ3n) is 4.71. The van der Waals surface area contributed by atoms with Crippen LogP contribution in [0.5, 0.6) is 5.75 Å². The van der Waals surface area contributed by atoms with E-state index in [0.29, 0.717) is 25.7 Å². The number of nitrogens with zero attached hydrogens (tertiary/aromatic N) is 5. The highest BCUT2D eigenvalue weighted by Crippen LogP contribution is 2.20. The first kappa shape index (κ1) is 17.5. The van der Waals surface area contributed by atoms with Crippen molar-refractivity contribution < 1.29 is 9.47 Å². The molecule has 1 aliphatic heterocycles. The fourth-order valence-corrected chi connectivity index (χ4v) is 3.10. The molecule has 142 valence electrons. The quantitative estimate of drug-likeness (QED) is 0.714. The summed E-state index contributed by atoms with van der Waals surface area (Å²) >= 11 is 0. The Morgan fingerprint density at radius 1 is 1.15 bits per heavy atom. The van der Waals surface area contributed by atoms with Gasteiger partial charge < -0.3 is 19.7 Å². The number of benzene rings is 1. The van der Waals surface area contributed by atoms with Gasteiger partial charge in [0.2, 0.25) is 11.9 Å². The van der Waals surface area contributed by atoms with Gasteiger partial charge in [0, 0.05) is 25.2 Å². The Kier molecular flexibility index (Phi) is 5.06. The summed E-state index contributed by atoms with van der Waals surface area (Å²) in [4.78, 5) is 11.7. The van der Waals surface area contributed by atoms with Gasteiger partial charge in [0.15, 0.2) is 5.65 Å². The summed E-state index contributed by atoms with van der Waals surface area (Å²) in [6, 6.07) is 7.98. The van der Waals surface area contributed by atoms with E-state index in [2.05, 4.69) is 22.2 Å². The highest BCUT2D eigenvalue weighted by atomic mass is 16.5. The Morgan fingerprint density at radius 2 is 1.93 bits per heavy atom. The van der Waals surface area contributed by atoms with E-state index >= 15 is 0 Å². The Bertz CT molecular complexity index is 902. The van der Waals surface area contributed by atoms with Crippen molar-refractivity contribution in [1.29, 1.82) is 0 Å². The maximum Gasteiger partial charge on any atom is 0.230 e. The van der Waals surface area contributed by atoms with Crippen LogP contribution >= 0.6 is 0 Å². The first-order chi connectivity index (χ1) is 13.3. The van der Waals surface area contributed by atoms with Crippen LogP contribution in [-0.2, 0) is 17.7 Å². The van der Waals surface area contributed by atoms with Crippen molar-refractivity contribution in [1.82, 2.24) is 19.6 Å². The molecule has 2 aromatic heterocycles. The van der Waals surface area contributed by atoms with Gasteiger partial charge in [-0.3, -0.25) is 0 Å². The second-order valence-corrected chi connectivity index (χ2v) is 6.41. The maximum atomic E-state index is 5.45. The van der Waals surface area contributed by atoms with Gasteiger partial charge in [-0.1, -0.05) is 19.1 Å². The number of ether oxygens (including phenoxy) is 2. The van der Waals surface area contributed by atoms with Gasteiger partial charge >= 0.3 is 0 Å². The molecule has 4 rings (SSSR count). The van der Waals surface area contributed by atoms with Crippen LogP contribution in [0.3, 0.4) is 0 Å². The predicted molar refractivity (Wildman–Crippen MR) is 104 cm³/mol. The number of aryl methyl sites for hydroxylation is 1. The molecule has 0 atom stereocenters. The van der Waals surface area contributed by atoms with Crippen LogP contribution in [0.25, 0.3) is 5.65 Å². The van der Waals surface area contributed by atoms with Crippen molar-refractivity contribution in [2.24, 2.45) is 0 Å². The molecule has 3 aromatic rings. The van der Waals surface area contributed by atoms with Crippen molar-refractivity contribution in [2.75, 3.05) is 43.6 Å². The summed E-state index contributed by atoms with van der Waals surface area (Å²) in [5.41, 5.74) is 3.10. The van der Waals surface area contributed by atoms with Crippen molar-refractivity contribution in [2.45, 2.75) is 19.9 Å². The third-order valence-corrected chi connectivity index (χ3v) is 4.71. The van der Waals surface area contributed by atoms with E-state index in [4.69, 9.17) is 19.4 Å². The summed E-state index contributed by atoms with van der Waals surface area (Å²) in [7, 11) is 1.67. The van der Waals surface area contributed by atoms with Gasteiger partial charge in [-0.2, -0.15) is 19.6 Å². The molecule has 0 amide bonds. The minimum atomic E-state index is 0.639. The van der Waals surface area contributed by atoms with Crippen LogP contribution in [0, 0.1) is 0 Å². The topological polar surface area (TPSA) is 76.8 Å². The smallest absolute Gasteiger partial charge is 0.230 e. The van der Waals surface area contributed by atoms with Gasteiger partial charge in [-0.25, -0.2) is 0 Å².